The average molecular weight is 311 g/mol. The Morgan fingerprint density at radius 1 is 1.35 bits per heavy atom. The van der Waals surface area contributed by atoms with Gasteiger partial charge in [0.15, 0.2) is 0 Å². The summed E-state index contributed by atoms with van der Waals surface area (Å²) in [7, 11) is 0. The maximum Gasteiger partial charge on any atom is 0.253 e. The number of rotatable bonds is 1. The Labute approximate surface area is 133 Å². The summed E-state index contributed by atoms with van der Waals surface area (Å²) in [5.41, 5.74) is -1.58. The molecule has 0 saturated carbocycles. The second kappa shape index (κ2) is 4.93. The van der Waals surface area contributed by atoms with Crippen LogP contribution in [0.15, 0.2) is 41.6 Å². The molecule has 1 N–H and O–H groups in total. The van der Waals surface area contributed by atoms with Crippen molar-refractivity contribution in [3.8, 4) is 11.8 Å². The fourth-order valence-corrected chi connectivity index (χ4v) is 2.91. The quantitative estimate of drug-likeness (QED) is 0.864. The third-order valence-corrected chi connectivity index (χ3v) is 4.58. The van der Waals surface area contributed by atoms with Gasteiger partial charge in [-0.2, -0.15) is 5.26 Å². The summed E-state index contributed by atoms with van der Waals surface area (Å²) >= 11 is 0. The van der Waals surface area contributed by atoms with Crippen LogP contribution in [-0.4, -0.2) is 25.9 Å². The van der Waals surface area contributed by atoms with Gasteiger partial charge in [-0.05, 0) is 39.0 Å². The molecule has 0 aliphatic carbocycles. The molecule has 2 aromatic rings. The van der Waals surface area contributed by atoms with Crippen molar-refractivity contribution in [1.82, 2.24) is 9.55 Å². The molecular formula is C17H17N3O3. The molecule has 0 fully saturated rings. The predicted molar refractivity (Wildman–Crippen MR) is 83.1 cm³/mol. The molecule has 0 spiro atoms. The van der Waals surface area contributed by atoms with Gasteiger partial charge in [-0.1, -0.05) is 0 Å². The van der Waals surface area contributed by atoms with Crippen molar-refractivity contribution in [2.75, 3.05) is 0 Å². The van der Waals surface area contributed by atoms with Crippen molar-refractivity contribution in [1.29, 1.82) is 5.26 Å². The normalized spacial score (nSPS) is 25.1. The first-order valence-corrected chi connectivity index (χ1v) is 7.25. The molecule has 0 radical (unpaired) electrons. The topological polar surface area (TPSA) is 88.1 Å². The largest absolute Gasteiger partial charge is 0.484 e. The van der Waals surface area contributed by atoms with E-state index in [-0.39, 0.29) is 5.56 Å². The number of hydrogen-bond donors (Lipinski definition) is 1. The van der Waals surface area contributed by atoms with Crippen LogP contribution in [0.1, 0.15) is 37.9 Å². The number of nitrogens with zero attached hydrogens (tertiary/aromatic N) is 3. The fourth-order valence-electron chi connectivity index (χ4n) is 2.91. The molecule has 0 amide bonds. The number of hydrogen-bond acceptors (Lipinski definition) is 5. The summed E-state index contributed by atoms with van der Waals surface area (Å²) in [5, 5.41) is 20.3. The lowest BCUT2D eigenvalue weighted by molar-refractivity contribution is -0.139. The Bertz CT molecular complexity index is 862. The number of benzene rings is 1. The molecule has 6 heteroatoms. The minimum absolute atomic E-state index is 0.281. The lowest BCUT2D eigenvalue weighted by Crippen LogP contribution is -2.60. The van der Waals surface area contributed by atoms with E-state index in [4.69, 9.17) is 10.00 Å². The zero-order valence-electron chi connectivity index (χ0n) is 13.1. The van der Waals surface area contributed by atoms with Gasteiger partial charge >= 0.3 is 0 Å². The first-order chi connectivity index (χ1) is 10.8. The van der Waals surface area contributed by atoms with Gasteiger partial charge in [0.25, 0.3) is 5.56 Å². The Morgan fingerprint density at radius 3 is 2.74 bits per heavy atom. The second-order valence-corrected chi connectivity index (χ2v) is 6.35. The summed E-state index contributed by atoms with van der Waals surface area (Å²) < 4.78 is 7.31. The average Bonchev–Trinajstić information content (AvgIpc) is 2.49. The summed E-state index contributed by atoms with van der Waals surface area (Å²) in [6.07, 6.45) is 2.80. The van der Waals surface area contributed by atoms with Crippen molar-refractivity contribution in [2.45, 2.75) is 38.0 Å². The van der Waals surface area contributed by atoms with Crippen LogP contribution < -0.4 is 10.3 Å². The Morgan fingerprint density at radius 2 is 2.09 bits per heavy atom. The summed E-state index contributed by atoms with van der Waals surface area (Å²) in [4.78, 5) is 16.3. The van der Waals surface area contributed by atoms with Crippen LogP contribution in [0.4, 0.5) is 0 Å². The molecule has 1 aromatic carbocycles. The number of aliphatic hydroxyl groups is 1. The van der Waals surface area contributed by atoms with Gasteiger partial charge < -0.3 is 9.84 Å². The summed E-state index contributed by atoms with van der Waals surface area (Å²) in [5.74, 6) is 0.543. The van der Waals surface area contributed by atoms with Crippen molar-refractivity contribution >= 4 is 0 Å². The van der Waals surface area contributed by atoms with E-state index in [2.05, 4.69) is 11.1 Å². The number of fused-ring (bicyclic) bond motifs is 1. The first kappa shape index (κ1) is 15.3. The fraction of sp³-hybridized carbons (Fsp3) is 0.353. The predicted octanol–water partition coefficient (Wildman–Crippen LogP) is 1.63. The molecule has 0 bridgehead atoms. The minimum Gasteiger partial charge on any atom is -0.484 e. The molecular weight excluding hydrogens is 294 g/mol. The van der Waals surface area contributed by atoms with Crippen LogP contribution in [0.3, 0.4) is 0 Å². The van der Waals surface area contributed by atoms with Crippen molar-refractivity contribution < 1.29 is 9.84 Å². The highest BCUT2D eigenvalue weighted by Gasteiger charge is 2.53. The molecule has 23 heavy (non-hydrogen) atoms. The lowest BCUT2D eigenvalue weighted by Gasteiger charge is -2.49. The molecule has 1 aliphatic heterocycles. The number of aromatic nitrogens is 2. The first-order valence-electron chi connectivity index (χ1n) is 7.25. The highest BCUT2D eigenvalue weighted by Crippen LogP contribution is 2.47. The van der Waals surface area contributed by atoms with Crippen LogP contribution in [0.5, 0.6) is 5.75 Å². The minimum atomic E-state index is -1.39. The van der Waals surface area contributed by atoms with Crippen LogP contribution in [0.25, 0.3) is 0 Å². The van der Waals surface area contributed by atoms with E-state index in [9.17, 15) is 9.90 Å². The van der Waals surface area contributed by atoms with Gasteiger partial charge in [0.2, 0.25) is 0 Å². The van der Waals surface area contributed by atoms with Crippen molar-refractivity contribution in [3.63, 3.8) is 0 Å². The van der Waals surface area contributed by atoms with Gasteiger partial charge in [0.05, 0.1) is 24.0 Å². The second-order valence-electron chi connectivity index (χ2n) is 6.35. The highest BCUT2D eigenvalue weighted by atomic mass is 16.5. The van der Waals surface area contributed by atoms with Gasteiger partial charge in [0, 0.05) is 17.8 Å². The molecule has 118 valence electrons. The Balaban J connectivity index is 2.33. The van der Waals surface area contributed by atoms with Gasteiger partial charge in [-0.25, -0.2) is 4.98 Å². The molecule has 6 nitrogen and oxygen atoms in total. The third-order valence-electron chi connectivity index (χ3n) is 4.58. The van der Waals surface area contributed by atoms with Gasteiger partial charge in [-0.3, -0.25) is 9.36 Å². The number of ether oxygens (including phenoxy) is 1. The Hall–Kier alpha value is -2.65. The van der Waals surface area contributed by atoms with E-state index >= 15 is 0 Å². The highest BCUT2D eigenvalue weighted by molar-refractivity contribution is 5.47. The molecule has 3 rings (SSSR count). The van der Waals surface area contributed by atoms with E-state index in [1.807, 2.05) is 0 Å². The van der Waals surface area contributed by atoms with Crippen LogP contribution in [0.2, 0.25) is 0 Å². The molecule has 1 aromatic heterocycles. The maximum atomic E-state index is 12.3. The van der Waals surface area contributed by atoms with Crippen LogP contribution in [-0.2, 0) is 0 Å². The molecule has 2 heterocycles. The molecule has 0 saturated heterocycles. The van der Waals surface area contributed by atoms with E-state index in [1.54, 1.807) is 39.0 Å². The number of nitriles is 1. The van der Waals surface area contributed by atoms with Crippen molar-refractivity contribution in [3.05, 3.63) is 58.3 Å². The molecule has 1 aliphatic rings. The third kappa shape index (κ3) is 2.21. The molecule has 2 atom stereocenters. The van der Waals surface area contributed by atoms with Gasteiger partial charge in [-0.15, -0.1) is 0 Å². The molecule has 2 unspecified atom stereocenters. The smallest absolute Gasteiger partial charge is 0.253 e. The summed E-state index contributed by atoms with van der Waals surface area (Å²) in [6, 6.07) is 7.69. The SMILES string of the molecule is CC1(C)Oc2ccc(C#N)cc2C(n2cnccc2=O)C1(C)O. The zero-order valence-corrected chi connectivity index (χ0v) is 13.1. The van der Waals surface area contributed by atoms with E-state index in [0.29, 0.717) is 16.9 Å². The van der Waals surface area contributed by atoms with Crippen molar-refractivity contribution in [2.24, 2.45) is 0 Å². The van der Waals surface area contributed by atoms with Crippen LogP contribution in [0, 0.1) is 11.3 Å². The maximum absolute atomic E-state index is 12.3. The van der Waals surface area contributed by atoms with E-state index in [1.165, 1.54) is 23.2 Å². The monoisotopic (exact) mass is 311 g/mol. The van der Waals surface area contributed by atoms with Crippen LogP contribution >= 0.6 is 0 Å². The zero-order chi connectivity index (χ0) is 16.8. The standard InChI is InChI=1S/C17H17N3O3/c1-16(2)17(3,22)15(20-10-19-7-6-14(20)21)12-8-11(9-18)4-5-13(12)23-16/h4-8,10,15,22H,1-3H3. The Kier molecular flexibility index (Phi) is 3.27. The summed E-state index contributed by atoms with van der Waals surface area (Å²) in [6.45, 7) is 5.16. The van der Waals surface area contributed by atoms with E-state index < -0.39 is 17.2 Å². The van der Waals surface area contributed by atoms with Gasteiger partial charge in [0.1, 0.15) is 17.0 Å². The lowest BCUT2D eigenvalue weighted by atomic mass is 9.75. The van der Waals surface area contributed by atoms with E-state index in [0.717, 1.165) is 0 Å².